The maximum Gasteiger partial charge on any atom is 0.307 e. The zero-order valence-corrected chi connectivity index (χ0v) is 13.4. The third-order valence-corrected chi connectivity index (χ3v) is 5.30. The maximum absolute atomic E-state index is 11.5. The van der Waals surface area contributed by atoms with Gasteiger partial charge in [-0.05, 0) is 47.8 Å². The van der Waals surface area contributed by atoms with Gasteiger partial charge in [-0.25, -0.2) is 0 Å². The van der Waals surface area contributed by atoms with Crippen LogP contribution in [-0.2, 0) is 4.79 Å². The van der Waals surface area contributed by atoms with Crippen molar-refractivity contribution in [3.8, 4) is 5.75 Å². The summed E-state index contributed by atoms with van der Waals surface area (Å²) in [4.78, 5) is 11.5. The van der Waals surface area contributed by atoms with Gasteiger partial charge in [0.05, 0.1) is 13.0 Å². The average Bonchev–Trinajstić information content (AvgIpc) is 2.46. The Labute approximate surface area is 127 Å². The van der Waals surface area contributed by atoms with E-state index in [-0.39, 0.29) is 17.8 Å². The molecule has 0 heterocycles. The summed E-state index contributed by atoms with van der Waals surface area (Å²) in [5, 5.41) is 9.50. The van der Waals surface area contributed by atoms with E-state index in [4.69, 9.17) is 4.74 Å². The van der Waals surface area contributed by atoms with Crippen LogP contribution < -0.4 is 4.74 Å². The predicted molar refractivity (Wildman–Crippen MR) is 83.6 cm³/mol. The number of hydrogen-bond donors (Lipinski definition) is 1. The molecule has 2 rings (SSSR count). The van der Waals surface area contributed by atoms with Gasteiger partial charge in [-0.15, -0.1) is 0 Å². The predicted octanol–water partition coefficient (Wildman–Crippen LogP) is 4.18. The summed E-state index contributed by atoms with van der Waals surface area (Å²) in [6.07, 6.45) is 1.97. The lowest BCUT2D eigenvalue weighted by Crippen LogP contribution is -2.40. The first-order chi connectivity index (χ1) is 9.99. The molecule has 1 aromatic carbocycles. The van der Waals surface area contributed by atoms with Crippen LogP contribution in [-0.4, -0.2) is 18.2 Å². The first kappa shape index (κ1) is 15.9. The van der Waals surface area contributed by atoms with E-state index in [1.54, 1.807) is 7.11 Å². The van der Waals surface area contributed by atoms with Crippen LogP contribution in [0, 0.1) is 23.7 Å². The first-order valence-electron chi connectivity index (χ1n) is 7.86. The SMILES string of the molecule is CC[C@H]1[C@H](C)[C@@H](C(=O)O)[C@@H](C)C[C@H]1c1ccc(OC)cc1. The summed E-state index contributed by atoms with van der Waals surface area (Å²) in [6.45, 7) is 6.36. The van der Waals surface area contributed by atoms with Gasteiger partial charge in [-0.1, -0.05) is 39.3 Å². The Balaban J connectivity index is 2.28. The Kier molecular flexibility index (Phi) is 4.92. The molecule has 0 saturated heterocycles. The van der Waals surface area contributed by atoms with Crippen LogP contribution in [0.25, 0.3) is 0 Å². The second-order valence-electron chi connectivity index (χ2n) is 6.39. The van der Waals surface area contributed by atoms with E-state index in [0.717, 1.165) is 18.6 Å². The lowest BCUT2D eigenvalue weighted by molar-refractivity contribution is -0.148. The Morgan fingerprint density at radius 3 is 2.38 bits per heavy atom. The van der Waals surface area contributed by atoms with Crippen molar-refractivity contribution in [3.63, 3.8) is 0 Å². The molecular weight excluding hydrogens is 264 g/mol. The second kappa shape index (κ2) is 6.50. The lowest BCUT2D eigenvalue weighted by Gasteiger charge is -2.43. The molecule has 21 heavy (non-hydrogen) atoms. The van der Waals surface area contributed by atoms with Gasteiger partial charge in [0.15, 0.2) is 0 Å². The molecule has 0 radical (unpaired) electrons. The van der Waals surface area contributed by atoms with E-state index < -0.39 is 5.97 Å². The molecule has 0 amide bonds. The van der Waals surface area contributed by atoms with Gasteiger partial charge in [-0.3, -0.25) is 4.79 Å². The van der Waals surface area contributed by atoms with Crippen LogP contribution in [0.4, 0.5) is 0 Å². The number of methoxy groups -OCH3 is 1. The summed E-state index contributed by atoms with van der Waals surface area (Å²) in [6, 6.07) is 8.26. The number of benzene rings is 1. The van der Waals surface area contributed by atoms with Gasteiger partial charge in [0, 0.05) is 0 Å². The zero-order valence-electron chi connectivity index (χ0n) is 13.4. The van der Waals surface area contributed by atoms with E-state index in [1.807, 2.05) is 12.1 Å². The van der Waals surface area contributed by atoms with Gasteiger partial charge in [0.2, 0.25) is 0 Å². The van der Waals surface area contributed by atoms with E-state index in [1.165, 1.54) is 5.56 Å². The largest absolute Gasteiger partial charge is 0.497 e. The molecule has 1 N–H and O–H groups in total. The molecule has 0 bridgehead atoms. The van der Waals surface area contributed by atoms with Crippen molar-refractivity contribution in [3.05, 3.63) is 29.8 Å². The van der Waals surface area contributed by atoms with Gasteiger partial charge >= 0.3 is 5.97 Å². The van der Waals surface area contributed by atoms with Crippen LogP contribution in [0.1, 0.15) is 45.1 Å². The monoisotopic (exact) mass is 290 g/mol. The van der Waals surface area contributed by atoms with Gasteiger partial charge in [0.1, 0.15) is 5.75 Å². The maximum atomic E-state index is 11.5. The average molecular weight is 290 g/mol. The number of carbonyl (C=O) groups is 1. The van der Waals surface area contributed by atoms with Crippen molar-refractivity contribution >= 4 is 5.97 Å². The Morgan fingerprint density at radius 1 is 1.29 bits per heavy atom. The van der Waals surface area contributed by atoms with Gasteiger partial charge in [-0.2, -0.15) is 0 Å². The molecular formula is C18H26O3. The number of ether oxygens (including phenoxy) is 1. The molecule has 1 aliphatic carbocycles. The fraction of sp³-hybridized carbons (Fsp3) is 0.611. The zero-order chi connectivity index (χ0) is 15.6. The van der Waals surface area contributed by atoms with Crippen LogP contribution in [0.3, 0.4) is 0 Å². The van der Waals surface area contributed by atoms with Crippen LogP contribution >= 0.6 is 0 Å². The number of rotatable bonds is 4. The summed E-state index contributed by atoms with van der Waals surface area (Å²) >= 11 is 0. The van der Waals surface area contributed by atoms with Crippen molar-refractivity contribution < 1.29 is 14.6 Å². The van der Waals surface area contributed by atoms with Gasteiger partial charge in [0.25, 0.3) is 0 Å². The topological polar surface area (TPSA) is 46.5 Å². The van der Waals surface area contributed by atoms with E-state index in [9.17, 15) is 9.90 Å². The van der Waals surface area contributed by atoms with Crippen LogP contribution in [0.15, 0.2) is 24.3 Å². The van der Waals surface area contributed by atoms with Crippen LogP contribution in [0.2, 0.25) is 0 Å². The van der Waals surface area contributed by atoms with Crippen molar-refractivity contribution in [2.45, 2.75) is 39.5 Å². The molecule has 3 heteroatoms. The highest BCUT2D eigenvalue weighted by Crippen LogP contribution is 2.48. The molecule has 0 unspecified atom stereocenters. The molecule has 0 spiro atoms. The van der Waals surface area contributed by atoms with E-state index in [2.05, 4.69) is 32.9 Å². The fourth-order valence-corrected chi connectivity index (χ4v) is 4.23. The highest BCUT2D eigenvalue weighted by Gasteiger charge is 2.43. The fourth-order valence-electron chi connectivity index (χ4n) is 4.23. The van der Waals surface area contributed by atoms with Crippen LogP contribution in [0.5, 0.6) is 5.75 Å². The molecule has 116 valence electrons. The Bertz CT molecular complexity index is 480. The summed E-state index contributed by atoms with van der Waals surface area (Å²) in [5.74, 6) is 1.31. The minimum absolute atomic E-state index is 0.211. The minimum atomic E-state index is -0.637. The second-order valence-corrected chi connectivity index (χ2v) is 6.39. The Morgan fingerprint density at radius 2 is 1.90 bits per heavy atom. The Hall–Kier alpha value is -1.51. The number of carboxylic acid groups (broad SMARTS) is 1. The lowest BCUT2D eigenvalue weighted by atomic mass is 9.60. The molecule has 3 nitrogen and oxygen atoms in total. The molecule has 0 aliphatic heterocycles. The quantitative estimate of drug-likeness (QED) is 0.904. The molecule has 1 aliphatic rings. The smallest absolute Gasteiger partial charge is 0.307 e. The summed E-state index contributed by atoms with van der Waals surface area (Å²) in [7, 11) is 1.67. The molecule has 5 atom stereocenters. The van der Waals surface area contributed by atoms with Crippen molar-refractivity contribution in [1.29, 1.82) is 0 Å². The molecule has 0 aromatic heterocycles. The van der Waals surface area contributed by atoms with Crippen molar-refractivity contribution in [1.82, 2.24) is 0 Å². The number of carboxylic acids is 1. The van der Waals surface area contributed by atoms with Crippen molar-refractivity contribution in [2.24, 2.45) is 23.7 Å². The summed E-state index contributed by atoms with van der Waals surface area (Å²) < 4.78 is 5.22. The highest BCUT2D eigenvalue weighted by molar-refractivity contribution is 5.71. The third kappa shape index (κ3) is 3.07. The normalized spacial score (nSPS) is 32.7. The molecule has 1 saturated carbocycles. The highest BCUT2D eigenvalue weighted by atomic mass is 16.5. The number of aliphatic carboxylic acids is 1. The van der Waals surface area contributed by atoms with Crippen molar-refractivity contribution in [2.75, 3.05) is 7.11 Å². The van der Waals surface area contributed by atoms with E-state index >= 15 is 0 Å². The van der Waals surface area contributed by atoms with E-state index in [0.29, 0.717) is 11.8 Å². The third-order valence-electron chi connectivity index (χ3n) is 5.30. The standard InChI is InChI=1S/C18H26O3/c1-5-15-12(3)17(18(19)20)11(2)10-16(15)13-6-8-14(21-4)9-7-13/h6-9,11-12,15-17H,5,10H2,1-4H3,(H,19,20)/t11-,12-,15-,16-,17-/m0/s1. The van der Waals surface area contributed by atoms with Gasteiger partial charge < -0.3 is 9.84 Å². The summed E-state index contributed by atoms with van der Waals surface area (Å²) in [5.41, 5.74) is 1.31. The minimum Gasteiger partial charge on any atom is -0.497 e. The number of hydrogen-bond acceptors (Lipinski definition) is 2. The molecule has 1 aromatic rings. The first-order valence-corrected chi connectivity index (χ1v) is 7.86. The molecule has 1 fully saturated rings.